The van der Waals surface area contributed by atoms with Crippen LogP contribution in [0.4, 0.5) is 15.8 Å². The summed E-state index contributed by atoms with van der Waals surface area (Å²) in [6.45, 7) is 5.17. The number of nitrogens with one attached hydrogen (secondary N) is 1. The van der Waals surface area contributed by atoms with Crippen molar-refractivity contribution in [3.8, 4) is 11.3 Å². The summed E-state index contributed by atoms with van der Waals surface area (Å²) in [6.07, 6.45) is 7.97. The molecule has 3 N–H and O–H groups in total. The second-order valence-corrected chi connectivity index (χ2v) is 10.8. The Morgan fingerprint density at radius 1 is 0.947 bits per heavy atom. The van der Waals surface area contributed by atoms with Crippen LogP contribution in [0.15, 0.2) is 60.9 Å². The third-order valence-electron chi connectivity index (χ3n) is 8.28. The third kappa shape index (κ3) is 4.98. The van der Waals surface area contributed by atoms with Crippen LogP contribution in [-0.2, 0) is 6.54 Å². The lowest BCUT2D eigenvalue weighted by Gasteiger charge is -2.41. The molecule has 1 aliphatic heterocycles. The molecule has 0 atom stereocenters. The molecule has 0 amide bonds. The summed E-state index contributed by atoms with van der Waals surface area (Å²) in [4.78, 5) is 9.45. The predicted molar refractivity (Wildman–Crippen MR) is 151 cm³/mol. The normalized spacial score (nSPS) is 21.1. The minimum atomic E-state index is -0.304. The van der Waals surface area contributed by atoms with E-state index in [0.717, 1.165) is 79.6 Å². The fourth-order valence-corrected chi connectivity index (χ4v) is 6.04. The van der Waals surface area contributed by atoms with Gasteiger partial charge in [-0.05, 0) is 50.4 Å². The molecule has 8 heteroatoms. The molecular formula is C30H36FN7. The molecule has 0 spiro atoms. The number of rotatable bonds is 6. The number of piperazine rings is 1. The van der Waals surface area contributed by atoms with E-state index >= 15 is 4.39 Å². The van der Waals surface area contributed by atoms with E-state index in [9.17, 15) is 0 Å². The van der Waals surface area contributed by atoms with Crippen molar-refractivity contribution in [2.75, 3.05) is 44.3 Å². The monoisotopic (exact) mass is 513 g/mol. The lowest BCUT2D eigenvalue weighted by atomic mass is 9.89. The molecule has 2 aromatic carbocycles. The summed E-state index contributed by atoms with van der Waals surface area (Å²) < 4.78 is 17.3. The molecule has 7 nitrogen and oxygen atoms in total. The maximum Gasteiger partial charge on any atom is 0.146 e. The Morgan fingerprint density at radius 3 is 2.42 bits per heavy atom. The van der Waals surface area contributed by atoms with Gasteiger partial charge in [-0.3, -0.25) is 14.6 Å². The number of hydrogen-bond acceptors (Lipinski definition) is 6. The number of pyridine rings is 1. The molecule has 0 radical (unpaired) electrons. The maximum absolute atomic E-state index is 15.2. The molecule has 6 rings (SSSR count). The minimum Gasteiger partial charge on any atom is -0.397 e. The number of nitrogen functional groups attached to an aromatic ring is 1. The largest absolute Gasteiger partial charge is 0.397 e. The average Bonchev–Trinajstić information content (AvgIpc) is 3.34. The van der Waals surface area contributed by atoms with E-state index in [-0.39, 0.29) is 11.9 Å². The van der Waals surface area contributed by atoms with E-state index in [1.807, 2.05) is 42.6 Å². The van der Waals surface area contributed by atoms with Crippen LogP contribution in [-0.4, -0.2) is 63.8 Å². The van der Waals surface area contributed by atoms with Gasteiger partial charge in [0.25, 0.3) is 0 Å². The van der Waals surface area contributed by atoms with E-state index in [4.69, 9.17) is 10.8 Å². The van der Waals surface area contributed by atoms with Crippen LogP contribution in [0, 0.1) is 5.82 Å². The second-order valence-electron chi connectivity index (χ2n) is 10.8. The van der Waals surface area contributed by atoms with Crippen molar-refractivity contribution in [3.05, 3.63) is 72.3 Å². The zero-order valence-electron chi connectivity index (χ0n) is 22.0. The lowest BCUT2D eigenvalue weighted by Crippen LogP contribution is -2.49. The van der Waals surface area contributed by atoms with Gasteiger partial charge in [0.2, 0.25) is 0 Å². The van der Waals surface area contributed by atoms with Crippen molar-refractivity contribution in [2.45, 2.75) is 44.3 Å². The van der Waals surface area contributed by atoms with Gasteiger partial charge in [0.15, 0.2) is 0 Å². The van der Waals surface area contributed by atoms with E-state index in [2.05, 4.69) is 31.8 Å². The highest BCUT2D eigenvalue weighted by Crippen LogP contribution is 2.38. The molecule has 2 fully saturated rings. The van der Waals surface area contributed by atoms with E-state index in [1.165, 1.54) is 0 Å². The van der Waals surface area contributed by atoms with Crippen LogP contribution in [0.25, 0.3) is 22.2 Å². The highest BCUT2D eigenvalue weighted by atomic mass is 19.1. The first-order chi connectivity index (χ1) is 18.6. The van der Waals surface area contributed by atoms with Crippen LogP contribution in [0.3, 0.4) is 0 Å². The Balaban J connectivity index is 1.23. The predicted octanol–water partition coefficient (Wildman–Crippen LogP) is 5.16. The zero-order valence-corrected chi connectivity index (χ0v) is 22.0. The number of hydrogen-bond donors (Lipinski definition) is 2. The number of benzene rings is 2. The van der Waals surface area contributed by atoms with Gasteiger partial charge in [-0.2, -0.15) is 5.10 Å². The zero-order chi connectivity index (χ0) is 26.1. The molecule has 2 aliphatic rings. The van der Waals surface area contributed by atoms with Crippen molar-refractivity contribution < 1.29 is 4.39 Å². The van der Waals surface area contributed by atoms with E-state index in [0.29, 0.717) is 24.0 Å². The van der Waals surface area contributed by atoms with E-state index in [1.54, 1.807) is 18.3 Å². The summed E-state index contributed by atoms with van der Waals surface area (Å²) in [5, 5.41) is 9.10. The topological polar surface area (TPSA) is 75.2 Å². The van der Waals surface area contributed by atoms with Crippen LogP contribution in [0.2, 0.25) is 0 Å². The van der Waals surface area contributed by atoms with Gasteiger partial charge >= 0.3 is 0 Å². The van der Waals surface area contributed by atoms with Crippen LogP contribution < -0.4 is 11.1 Å². The number of anilines is 2. The molecule has 1 saturated heterocycles. The number of fused-ring (bicyclic) bond motifs is 1. The van der Waals surface area contributed by atoms with Gasteiger partial charge in [-0.15, -0.1) is 0 Å². The smallest absolute Gasteiger partial charge is 0.146 e. The second kappa shape index (κ2) is 10.7. The molecule has 1 aliphatic carbocycles. The quantitative estimate of drug-likeness (QED) is 0.371. The molecule has 198 valence electrons. The first kappa shape index (κ1) is 24.8. The summed E-state index contributed by atoms with van der Waals surface area (Å²) in [7, 11) is 2.20. The fourth-order valence-electron chi connectivity index (χ4n) is 6.04. The van der Waals surface area contributed by atoms with Crippen molar-refractivity contribution >= 4 is 22.3 Å². The first-order valence-corrected chi connectivity index (χ1v) is 13.7. The van der Waals surface area contributed by atoms with Crippen molar-refractivity contribution in [1.82, 2.24) is 24.6 Å². The summed E-state index contributed by atoms with van der Waals surface area (Å²) in [5.41, 5.74) is 10.9. The Morgan fingerprint density at radius 2 is 1.68 bits per heavy atom. The number of nitrogens with two attached hydrogens (primary N) is 1. The Labute approximate surface area is 223 Å². The maximum atomic E-state index is 15.2. The average molecular weight is 514 g/mol. The molecule has 4 aromatic rings. The highest BCUT2D eigenvalue weighted by Gasteiger charge is 2.30. The third-order valence-corrected chi connectivity index (χ3v) is 8.28. The standard InChI is InChI=1S/C30H36FN7/c1-36-13-15-37(16-14-36)23-8-10-24(11-9-23)38-28-20-33-19-26(32)29(28)30(35-38)22-7-12-27(25(31)17-22)34-18-21-5-3-2-4-6-21/h2-7,12,17,19-20,23-24,34H,8-11,13-16,18,32H2,1H3. The molecular weight excluding hydrogens is 477 g/mol. The van der Waals surface area contributed by atoms with Crippen LogP contribution >= 0.6 is 0 Å². The van der Waals surface area contributed by atoms with Gasteiger partial charge in [0.05, 0.1) is 40.7 Å². The minimum absolute atomic E-state index is 0.287. The number of aromatic nitrogens is 3. The highest BCUT2D eigenvalue weighted by molar-refractivity contribution is 6.01. The molecule has 0 unspecified atom stereocenters. The molecule has 0 bridgehead atoms. The van der Waals surface area contributed by atoms with Gasteiger partial charge in [0.1, 0.15) is 11.5 Å². The molecule has 1 saturated carbocycles. The van der Waals surface area contributed by atoms with Gasteiger partial charge < -0.3 is 16.0 Å². The summed E-state index contributed by atoms with van der Waals surface area (Å²) in [6, 6.07) is 16.2. The first-order valence-electron chi connectivity index (χ1n) is 13.7. The Kier molecular flexibility index (Phi) is 7.00. The molecule has 38 heavy (non-hydrogen) atoms. The number of likely N-dealkylation sites (N-methyl/N-ethyl adjacent to an activating group) is 1. The Bertz CT molecular complexity index is 1390. The summed E-state index contributed by atoms with van der Waals surface area (Å²) in [5.74, 6) is -0.304. The van der Waals surface area contributed by atoms with Crippen molar-refractivity contribution in [2.24, 2.45) is 0 Å². The van der Waals surface area contributed by atoms with Gasteiger partial charge in [0, 0.05) is 44.3 Å². The Hall–Kier alpha value is -3.49. The molecule has 2 aromatic heterocycles. The SMILES string of the molecule is CN1CCN(C2CCC(n3nc(-c4ccc(NCc5ccccc5)c(F)c4)c4c(N)cncc43)CC2)CC1. The van der Waals surface area contributed by atoms with Crippen molar-refractivity contribution in [3.63, 3.8) is 0 Å². The van der Waals surface area contributed by atoms with Crippen LogP contribution in [0.5, 0.6) is 0 Å². The number of halogens is 1. The van der Waals surface area contributed by atoms with Crippen LogP contribution in [0.1, 0.15) is 37.3 Å². The lowest BCUT2D eigenvalue weighted by molar-refractivity contribution is 0.0816. The molecule has 3 heterocycles. The van der Waals surface area contributed by atoms with Crippen molar-refractivity contribution in [1.29, 1.82) is 0 Å². The van der Waals surface area contributed by atoms with E-state index < -0.39 is 0 Å². The summed E-state index contributed by atoms with van der Waals surface area (Å²) >= 11 is 0. The fraction of sp³-hybridized carbons (Fsp3) is 0.400. The van der Waals surface area contributed by atoms with Gasteiger partial charge in [-0.1, -0.05) is 36.4 Å². The number of nitrogens with zero attached hydrogens (tertiary/aromatic N) is 5. The van der Waals surface area contributed by atoms with Gasteiger partial charge in [-0.25, -0.2) is 4.39 Å².